The molecule has 0 radical (unpaired) electrons. The van der Waals surface area contributed by atoms with Crippen LogP contribution in [0, 0.1) is 29.1 Å². The molecule has 1 aromatic rings. The van der Waals surface area contributed by atoms with E-state index in [-0.39, 0.29) is 11.9 Å². The van der Waals surface area contributed by atoms with Crippen LogP contribution in [0.4, 0.5) is 0 Å². The van der Waals surface area contributed by atoms with Crippen LogP contribution in [0.15, 0.2) is 24.3 Å². The van der Waals surface area contributed by atoms with Gasteiger partial charge < -0.3 is 10.1 Å². The van der Waals surface area contributed by atoms with Crippen LogP contribution in [0.1, 0.15) is 45.1 Å². The van der Waals surface area contributed by atoms with Crippen molar-refractivity contribution >= 4 is 5.91 Å². The van der Waals surface area contributed by atoms with Gasteiger partial charge >= 0.3 is 0 Å². The second-order valence-electron chi connectivity index (χ2n) is 7.00. The Balaban J connectivity index is 1.56. The molecule has 1 aromatic carbocycles. The third-order valence-electron chi connectivity index (χ3n) is 5.49. The number of rotatable bonds is 5. The number of nitriles is 1. The number of carbonyl (C=O) groups excluding carboxylic acids is 1. The van der Waals surface area contributed by atoms with Crippen molar-refractivity contribution in [2.75, 3.05) is 0 Å². The van der Waals surface area contributed by atoms with Crippen LogP contribution in [0.3, 0.4) is 0 Å². The van der Waals surface area contributed by atoms with Crippen molar-refractivity contribution in [1.82, 2.24) is 5.32 Å². The fourth-order valence-corrected chi connectivity index (χ4v) is 4.26. The molecule has 5 atom stereocenters. The van der Waals surface area contributed by atoms with Gasteiger partial charge in [-0.1, -0.05) is 18.6 Å². The predicted octanol–water partition coefficient (Wildman–Crippen LogP) is 3.27. The van der Waals surface area contributed by atoms with E-state index in [1.165, 1.54) is 25.7 Å². The number of carbonyl (C=O) groups is 1. The highest BCUT2D eigenvalue weighted by Crippen LogP contribution is 2.49. The normalized spacial score (nSPS) is 28.0. The van der Waals surface area contributed by atoms with Crippen molar-refractivity contribution in [1.29, 1.82) is 5.26 Å². The highest BCUT2D eigenvalue weighted by molar-refractivity contribution is 5.81. The molecule has 0 heterocycles. The Hall–Kier alpha value is -2.02. The molecule has 0 saturated heterocycles. The maximum Gasteiger partial charge on any atom is 0.260 e. The highest BCUT2D eigenvalue weighted by Gasteiger charge is 2.42. The Morgan fingerprint density at radius 1 is 1.30 bits per heavy atom. The first-order valence-corrected chi connectivity index (χ1v) is 8.54. The van der Waals surface area contributed by atoms with Crippen molar-refractivity contribution in [3.05, 3.63) is 29.8 Å². The number of ether oxygens (including phenoxy) is 1. The fraction of sp³-hybridized carbons (Fsp3) is 0.579. The summed E-state index contributed by atoms with van der Waals surface area (Å²) in [6.45, 7) is 3.84. The zero-order chi connectivity index (χ0) is 16.4. The minimum atomic E-state index is -0.606. The zero-order valence-corrected chi connectivity index (χ0v) is 13.8. The third kappa shape index (κ3) is 3.34. The van der Waals surface area contributed by atoms with Crippen LogP contribution in [-0.4, -0.2) is 18.1 Å². The molecule has 2 bridgehead atoms. The average molecular weight is 312 g/mol. The lowest BCUT2D eigenvalue weighted by Crippen LogP contribution is -2.45. The lowest BCUT2D eigenvalue weighted by Gasteiger charge is -2.29. The quantitative estimate of drug-likeness (QED) is 0.907. The summed E-state index contributed by atoms with van der Waals surface area (Å²) >= 11 is 0. The van der Waals surface area contributed by atoms with Gasteiger partial charge in [-0.3, -0.25) is 4.79 Å². The molecule has 0 spiro atoms. The van der Waals surface area contributed by atoms with Crippen LogP contribution in [0.25, 0.3) is 0 Å². The Labute approximate surface area is 137 Å². The molecule has 4 nitrogen and oxygen atoms in total. The number of benzene rings is 1. The summed E-state index contributed by atoms with van der Waals surface area (Å²) in [5.74, 6) is 2.63. The number of hydrogen-bond donors (Lipinski definition) is 1. The van der Waals surface area contributed by atoms with Gasteiger partial charge in [0.25, 0.3) is 5.91 Å². The number of para-hydroxylation sites is 1. The molecule has 4 heteroatoms. The lowest BCUT2D eigenvalue weighted by atomic mass is 9.84. The molecular weight excluding hydrogens is 288 g/mol. The van der Waals surface area contributed by atoms with Gasteiger partial charge in [0.15, 0.2) is 6.10 Å². The summed E-state index contributed by atoms with van der Waals surface area (Å²) < 4.78 is 5.69. The monoisotopic (exact) mass is 312 g/mol. The molecule has 2 aliphatic carbocycles. The summed E-state index contributed by atoms with van der Waals surface area (Å²) in [6.07, 6.45) is 4.67. The SMILES string of the molecule is C[C@H](NC(=O)[C@@H](C)Oc1ccccc1C#N)[C@H]1C[C@@H]2CC[C@@H]1C2. The Bertz CT molecular complexity index is 622. The number of nitrogens with one attached hydrogen (secondary N) is 1. The minimum absolute atomic E-state index is 0.104. The zero-order valence-electron chi connectivity index (χ0n) is 13.8. The van der Waals surface area contributed by atoms with E-state index in [0.29, 0.717) is 17.2 Å². The van der Waals surface area contributed by atoms with E-state index in [4.69, 9.17) is 10.00 Å². The first-order chi connectivity index (χ1) is 11.1. The molecule has 3 rings (SSSR count). The number of nitrogens with zero attached hydrogens (tertiary/aromatic N) is 1. The molecule has 1 amide bonds. The van der Waals surface area contributed by atoms with E-state index in [1.807, 2.05) is 0 Å². The van der Waals surface area contributed by atoms with E-state index < -0.39 is 6.10 Å². The molecule has 0 aromatic heterocycles. The topological polar surface area (TPSA) is 62.1 Å². The maximum absolute atomic E-state index is 12.4. The van der Waals surface area contributed by atoms with E-state index in [1.54, 1.807) is 31.2 Å². The van der Waals surface area contributed by atoms with Gasteiger partial charge in [0.2, 0.25) is 0 Å². The standard InChI is InChI=1S/C19H24N2O2/c1-12(17-10-14-7-8-15(17)9-14)21-19(22)13(2)23-18-6-4-3-5-16(18)11-20/h3-6,12-15,17H,7-10H2,1-2H3,(H,21,22)/t12-,13+,14+,15+,17+/m0/s1. The second-order valence-corrected chi connectivity index (χ2v) is 7.00. The Morgan fingerprint density at radius 2 is 2.09 bits per heavy atom. The molecule has 0 aliphatic heterocycles. The van der Waals surface area contributed by atoms with Crippen LogP contribution in [0.2, 0.25) is 0 Å². The van der Waals surface area contributed by atoms with Crippen molar-refractivity contribution in [3.63, 3.8) is 0 Å². The summed E-state index contributed by atoms with van der Waals surface area (Å²) in [6, 6.07) is 9.28. The van der Waals surface area contributed by atoms with Crippen LogP contribution in [0.5, 0.6) is 5.75 Å². The molecule has 23 heavy (non-hydrogen) atoms. The average Bonchev–Trinajstić information content (AvgIpc) is 3.18. The Morgan fingerprint density at radius 3 is 2.74 bits per heavy atom. The van der Waals surface area contributed by atoms with Gasteiger partial charge in [0.05, 0.1) is 5.56 Å². The molecule has 2 aliphatic rings. The predicted molar refractivity (Wildman–Crippen MR) is 87.8 cm³/mol. The van der Waals surface area contributed by atoms with Crippen molar-refractivity contribution < 1.29 is 9.53 Å². The largest absolute Gasteiger partial charge is 0.480 e. The van der Waals surface area contributed by atoms with Gasteiger partial charge in [-0.15, -0.1) is 0 Å². The molecule has 0 unspecified atom stereocenters. The van der Waals surface area contributed by atoms with Crippen molar-refractivity contribution in [2.45, 2.75) is 51.7 Å². The molecule has 2 fully saturated rings. The van der Waals surface area contributed by atoms with Gasteiger partial charge in [-0.25, -0.2) is 0 Å². The van der Waals surface area contributed by atoms with Crippen LogP contribution < -0.4 is 10.1 Å². The summed E-state index contributed by atoms with van der Waals surface area (Å²) in [5, 5.41) is 12.2. The first-order valence-electron chi connectivity index (χ1n) is 8.54. The second kappa shape index (κ2) is 6.62. The minimum Gasteiger partial charge on any atom is -0.480 e. The van der Waals surface area contributed by atoms with E-state index in [2.05, 4.69) is 18.3 Å². The van der Waals surface area contributed by atoms with Gasteiger partial charge in [0, 0.05) is 6.04 Å². The molecular formula is C19H24N2O2. The number of amides is 1. The van der Waals surface area contributed by atoms with E-state index in [9.17, 15) is 4.79 Å². The lowest BCUT2D eigenvalue weighted by molar-refractivity contribution is -0.128. The number of fused-ring (bicyclic) bond motifs is 2. The summed E-state index contributed by atoms with van der Waals surface area (Å²) in [7, 11) is 0. The van der Waals surface area contributed by atoms with E-state index in [0.717, 1.165) is 11.8 Å². The van der Waals surface area contributed by atoms with Gasteiger partial charge in [-0.2, -0.15) is 5.26 Å². The first kappa shape index (κ1) is 15.9. The summed E-state index contributed by atoms with van der Waals surface area (Å²) in [4.78, 5) is 12.4. The van der Waals surface area contributed by atoms with Crippen LogP contribution >= 0.6 is 0 Å². The third-order valence-corrected chi connectivity index (χ3v) is 5.49. The summed E-state index contributed by atoms with van der Waals surface area (Å²) in [5.41, 5.74) is 0.452. The molecule has 1 N–H and O–H groups in total. The van der Waals surface area contributed by atoms with Crippen LogP contribution in [-0.2, 0) is 4.79 Å². The Kier molecular flexibility index (Phi) is 4.56. The van der Waals surface area contributed by atoms with Crippen molar-refractivity contribution in [3.8, 4) is 11.8 Å². The van der Waals surface area contributed by atoms with E-state index >= 15 is 0 Å². The highest BCUT2D eigenvalue weighted by atomic mass is 16.5. The van der Waals surface area contributed by atoms with Crippen molar-refractivity contribution in [2.24, 2.45) is 17.8 Å². The fourth-order valence-electron chi connectivity index (χ4n) is 4.26. The molecule has 122 valence electrons. The smallest absolute Gasteiger partial charge is 0.260 e. The maximum atomic E-state index is 12.4. The van der Waals surface area contributed by atoms with Gasteiger partial charge in [0.1, 0.15) is 11.8 Å². The number of hydrogen-bond acceptors (Lipinski definition) is 3. The van der Waals surface area contributed by atoms with Gasteiger partial charge in [-0.05, 0) is 63.0 Å². The molecule has 2 saturated carbocycles.